The van der Waals surface area contributed by atoms with Crippen LogP contribution in [0.4, 0.5) is 5.69 Å². The van der Waals surface area contributed by atoms with Gasteiger partial charge in [-0.25, -0.2) is 0 Å². The first-order valence-corrected chi connectivity index (χ1v) is 8.93. The molecular formula is C13H8Br3NOS. The molecule has 1 aromatic carbocycles. The zero-order valence-corrected chi connectivity index (χ0v) is 15.1. The van der Waals surface area contributed by atoms with Crippen LogP contribution in [0.3, 0.4) is 0 Å². The summed E-state index contributed by atoms with van der Waals surface area (Å²) in [7, 11) is 0. The quantitative estimate of drug-likeness (QED) is 0.603. The standard InChI is InChI=1S/C13H8Br3NOS/c14-8-1-2-19-13(8)12(16)7-3-6-4-11(18)17-10(6)5-9(7)15/h1-3,5,12H,4H2,(H,17,18). The van der Waals surface area contributed by atoms with E-state index >= 15 is 0 Å². The van der Waals surface area contributed by atoms with Crippen molar-refractivity contribution >= 4 is 70.7 Å². The number of carbonyl (C=O) groups is 1. The molecule has 1 aliphatic heterocycles. The van der Waals surface area contributed by atoms with Crippen LogP contribution in [0.25, 0.3) is 0 Å². The van der Waals surface area contributed by atoms with Crippen molar-refractivity contribution in [3.63, 3.8) is 0 Å². The minimum absolute atomic E-state index is 0.0578. The topological polar surface area (TPSA) is 29.1 Å². The van der Waals surface area contributed by atoms with Crippen molar-refractivity contribution < 1.29 is 4.79 Å². The van der Waals surface area contributed by atoms with Gasteiger partial charge in [-0.3, -0.25) is 4.79 Å². The molecule has 6 heteroatoms. The van der Waals surface area contributed by atoms with Gasteiger partial charge in [-0.1, -0.05) is 37.9 Å². The van der Waals surface area contributed by atoms with E-state index in [0.29, 0.717) is 6.42 Å². The fourth-order valence-electron chi connectivity index (χ4n) is 2.09. The molecule has 2 nitrogen and oxygen atoms in total. The van der Waals surface area contributed by atoms with Crippen LogP contribution >= 0.6 is 59.1 Å². The van der Waals surface area contributed by atoms with E-state index in [-0.39, 0.29) is 10.7 Å². The summed E-state index contributed by atoms with van der Waals surface area (Å²) in [5.41, 5.74) is 3.10. The lowest BCUT2D eigenvalue weighted by molar-refractivity contribution is -0.115. The summed E-state index contributed by atoms with van der Waals surface area (Å²) in [5, 5.41) is 4.92. The van der Waals surface area contributed by atoms with Crippen molar-refractivity contribution in [2.75, 3.05) is 5.32 Å². The molecule has 1 atom stereocenters. The molecule has 1 aliphatic rings. The van der Waals surface area contributed by atoms with Crippen LogP contribution in [0, 0.1) is 0 Å². The average molecular weight is 466 g/mol. The number of fused-ring (bicyclic) bond motifs is 1. The fourth-order valence-corrected chi connectivity index (χ4v) is 5.82. The minimum atomic E-state index is 0.0578. The maximum absolute atomic E-state index is 11.4. The van der Waals surface area contributed by atoms with Crippen LogP contribution in [0.15, 0.2) is 32.5 Å². The van der Waals surface area contributed by atoms with Gasteiger partial charge in [-0.15, -0.1) is 11.3 Å². The number of thiophene rings is 1. The molecule has 19 heavy (non-hydrogen) atoms. The summed E-state index contributed by atoms with van der Waals surface area (Å²) in [6.07, 6.45) is 0.459. The number of halogens is 3. The molecule has 1 unspecified atom stereocenters. The van der Waals surface area contributed by atoms with E-state index in [1.165, 1.54) is 4.88 Å². The number of benzene rings is 1. The Balaban J connectivity index is 2.05. The van der Waals surface area contributed by atoms with Gasteiger partial charge in [-0.05, 0) is 44.6 Å². The third kappa shape index (κ3) is 2.55. The van der Waals surface area contributed by atoms with E-state index in [1.54, 1.807) is 11.3 Å². The number of amides is 1. The lowest BCUT2D eigenvalue weighted by Gasteiger charge is -2.13. The molecule has 0 saturated carbocycles. The smallest absolute Gasteiger partial charge is 0.228 e. The highest BCUT2D eigenvalue weighted by molar-refractivity contribution is 9.11. The first-order chi connectivity index (χ1) is 9.06. The Bertz CT molecular complexity index is 668. The van der Waals surface area contributed by atoms with E-state index in [2.05, 4.69) is 64.6 Å². The van der Waals surface area contributed by atoms with E-state index < -0.39 is 0 Å². The second kappa shape index (κ2) is 5.31. The third-order valence-electron chi connectivity index (χ3n) is 3.00. The molecule has 0 radical (unpaired) electrons. The van der Waals surface area contributed by atoms with Gasteiger partial charge in [-0.2, -0.15) is 0 Å². The molecule has 98 valence electrons. The maximum Gasteiger partial charge on any atom is 0.228 e. The highest BCUT2D eigenvalue weighted by Crippen LogP contribution is 2.43. The second-order valence-corrected chi connectivity index (χ2v) is 7.82. The van der Waals surface area contributed by atoms with Crippen molar-refractivity contribution in [2.45, 2.75) is 11.2 Å². The number of nitrogens with one attached hydrogen (secondary N) is 1. The number of alkyl halides is 1. The SMILES string of the molecule is O=C1Cc2cc(C(Br)c3sccc3Br)c(Br)cc2N1. The normalized spacial score (nSPS) is 15.2. The Morgan fingerprint density at radius 2 is 2.05 bits per heavy atom. The summed E-state index contributed by atoms with van der Waals surface area (Å²) in [6.45, 7) is 0. The summed E-state index contributed by atoms with van der Waals surface area (Å²) in [5.74, 6) is 0.0578. The summed E-state index contributed by atoms with van der Waals surface area (Å²) in [4.78, 5) is 12.8. The van der Waals surface area contributed by atoms with E-state index in [4.69, 9.17) is 0 Å². The molecule has 2 aromatic rings. The number of hydrogen-bond acceptors (Lipinski definition) is 2. The molecule has 1 aromatic heterocycles. The molecule has 0 saturated heterocycles. The van der Waals surface area contributed by atoms with Crippen LogP contribution in [0.2, 0.25) is 0 Å². The molecule has 0 spiro atoms. The van der Waals surface area contributed by atoms with Gasteiger partial charge in [0.2, 0.25) is 5.91 Å². The van der Waals surface area contributed by atoms with Crippen LogP contribution < -0.4 is 5.32 Å². The lowest BCUT2D eigenvalue weighted by atomic mass is 10.1. The molecule has 1 N–H and O–H groups in total. The van der Waals surface area contributed by atoms with Gasteiger partial charge in [0.15, 0.2) is 0 Å². The van der Waals surface area contributed by atoms with E-state index in [0.717, 1.165) is 25.8 Å². The Morgan fingerprint density at radius 1 is 1.26 bits per heavy atom. The maximum atomic E-state index is 11.4. The Kier molecular flexibility index (Phi) is 3.86. The number of carbonyl (C=O) groups excluding carboxylic acids is 1. The highest BCUT2D eigenvalue weighted by atomic mass is 79.9. The molecule has 2 heterocycles. The van der Waals surface area contributed by atoms with Crippen LogP contribution in [-0.2, 0) is 11.2 Å². The van der Waals surface area contributed by atoms with Gasteiger partial charge in [0.1, 0.15) is 0 Å². The number of hydrogen-bond donors (Lipinski definition) is 1. The zero-order valence-electron chi connectivity index (χ0n) is 9.54. The van der Waals surface area contributed by atoms with Gasteiger partial charge in [0.25, 0.3) is 0 Å². The molecule has 1 amide bonds. The largest absolute Gasteiger partial charge is 0.325 e. The van der Waals surface area contributed by atoms with Gasteiger partial charge in [0.05, 0.1) is 11.2 Å². The monoisotopic (exact) mass is 463 g/mol. The van der Waals surface area contributed by atoms with Crippen molar-refractivity contribution in [1.29, 1.82) is 0 Å². The Labute approximate surface area is 140 Å². The second-order valence-electron chi connectivity index (χ2n) is 4.25. The first kappa shape index (κ1) is 13.8. The number of rotatable bonds is 2. The van der Waals surface area contributed by atoms with E-state index in [9.17, 15) is 4.79 Å². The minimum Gasteiger partial charge on any atom is -0.325 e. The lowest BCUT2D eigenvalue weighted by Crippen LogP contribution is -2.03. The first-order valence-electron chi connectivity index (χ1n) is 5.55. The van der Waals surface area contributed by atoms with Gasteiger partial charge in [0, 0.05) is 19.5 Å². The Hall–Kier alpha value is -0.170. The molecule has 0 aliphatic carbocycles. The van der Waals surface area contributed by atoms with Gasteiger partial charge >= 0.3 is 0 Å². The zero-order chi connectivity index (χ0) is 13.6. The predicted octanol–water partition coefficient (Wildman–Crippen LogP) is 5.25. The molecule has 0 bridgehead atoms. The summed E-state index contributed by atoms with van der Waals surface area (Å²) in [6, 6.07) is 6.11. The Morgan fingerprint density at radius 3 is 2.74 bits per heavy atom. The van der Waals surface area contributed by atoms with Crippen LogP contribution in [0.1, 0.15) is 20.8 Å². The van der Waals surface area contributed by atoms with Crippen molar-refractivity contribution in [2.24, 2.45) is 0 Å². The highest BCUT2D eigenvalue weighted by Gasteiger charge is 2.23. The summed E-state index contributed by atoms with van der Waals surface area (Å²) < 4.78 is 2.09. The van der Waals surface area contributed by atoms with Crippen molar-refractivity contribution in [1.82, 2.24) is 0 Å². The van der Waals surface area contributed by atoms with Gasteiger partial charge < -0.3 is 5.32 Å². The van der Waals surface area contributed by atoms with E-state index in [1.807, 2.05) is 12.1 Å². The predicted molar refractivity (Wildman–Crippen MR) is 89.3 cm³/mol. The van der Waals surface area contributed by atoms with Crippen molar-refractivity contribution in [3.05, 3.63) is 48.5 Å². The fraction of sp³-hybridized carbons (Fsp3) is 0.154. The number of anilines is 1. The molecule has 0 fully saturated rings. The molecular weight excluding hydrogens is 458 g/mol. The summed E-state index contributed by atoms with van der Waals surface area (Å²) >= 11 is 12.6. The van der Waals surface area contributed by atoms with Crippen LogP contribution in [0.5, 0.6) is 0 Å². The van der Waals surface area contributed by atoms with Crippen LogP contribution in [-0.4, -0.2) is 5.91 Å². The average Bonchev–Trinajstić information content (AvgIpc) is 2.92. The molecule has 3 rings (SSSR count). The third-order valence-corrected chi connectivity index (χ3v) is 6.87. The van der Waals surface area contributed by atoms with Crippen molar-refractivity contribution in [3.8, 4) is 0 Å².